The number of hydrogen-bond acceptors (Lipinski definition) is 6. The number of carboxylic acid groups (broad SMARTS) is 1. The number of piperidine rings is 1. The fraction of sp³-hybridized carbons (Fsp3) is 0.333. The van der Waals surface area contributed by atoms with E-state index in [9.17, 15) is 18.0 Å². The average molecular weight is 511 g/mol. The lowest BCUT2D eigenvalue weighted by atomic mass is 10.0. The molecule has 1 heterocycles. The van der Waals surface area contributed by atoms with Gasteiger partial charge in [-0.3, -0.25) is 4.79 Å². The zero-order chi connectivity index (χ0) is 25.5. The number of anilines is 1. The molecular formula is C27H30N2O6S. The Labute approximate surface area is 210 Å². The maximum absolute atomic E-state index is 13.1. The molecule has 1 unspecified atom stereocenters. The Morgan fingerprint density at radius 3 is 2.56 bits per heavy atom. The van der Waals surface area contributed by atoms with Gasteiger partial charge in [0.25, 0.3) is 0 Å². The molecule has 8 nitrogen and oxygen atoms in total. The molecule has 0 aromatic heterocycles. The number of carbonyl (C=O) groups excluding carboxylic acids is 1. The monoisotopic (exact) mass is 510 g/mol. The van der Waals surface area contributed by atoms with E-state index >= 15 is 0 Å². The van der Waals surface area contributed by atoms with Crippen molar-refractivity contribution in [1.82, 2.24) is 4.72 Å². The first-order valence-corrected chi connectivity index (χ1v) is 13.5. The van der Waals surface area contributed by atoms with E-state index < -0.39 is 28.5 Å². The Balaban J connectivity index is 1.60. The van der Waals surface area contributed by atoms with Gasteiger partial charge >= 0.3 is 5.97 Å². The first kappa shape index (κ1) is 25.7. The number of rotatable bonds is 11. The number of carboxylic acids is 1. The number of aliphatic carboxylic acids is 1. The molecular weight excluding hydrogens is 480 g/mol. The molecule has 1 saturated heterocycles. The molecule has 36 heavy (non-hydrogen) atoms. The Morgan fingerprint density at radius 1 is 1.06 bits per heavy atom. The molecule has 3 aromatic carbocycles. The van der Waals surface area contributed by atoms with Crippen LogP contribution in [0.15, 0.2) is 65.6 Å². The fourth-order valence-electron chi connectivity index (χ4n) is 4.53. The van der Waals surface area contributed by atoms with Crippen molar-refractivity contribution in [1.29, 1.82) is 0 Å². The molecule has 4 rings (SSSR count). The van der Waals surface area contributed by atoms with Crippen molar-refractivity contribution in [3.05, 3.63) is 66.2 Å². The summed E-state index contributed by atoms with van der Waals surface area (Å²) in [7, 11) is -4.21. The minimum absolute atomic E-state index is 0.126. The number of nitrogens with zero attached hydrogens (tertiary/aromatic N) is 1. The number of fused-ring (bicyclic) bond motifs is 1. The van der Waals surface area contributed by atoms with E-state index in [4.69, 9.17) is 9.84 Å². The van der Waals surface area contributed by atoms with E-state index in [0.29, 0.717) is 6.42 Å². The standard InChI is InChI=1S/C27H30N2O6S/c30-19-22(17-27(31)32)28-36(33,34)26-12-11-23(29-14-4-1-5-15-29)18-25(26)35-16-13-21-9-6-8-20-7-2-3-10-24(20)21/h2-3,6-12,18-19,22,28H,1,4-5,13-17H2,(H,31,32). The van der Waals surface area contributed by atoms with E-state index in [2.05, 4.69) is 9.62 Å². The molecule has 1 aliphatic heterocycles. The summed E-state index contributed by atoms with van der Waals surface area (Å²) in [6.07, 6.45) is 3.50. The Hall–Kier alpha value is -3.43. The van der Waals surface area contributed by atoms with Crippen LogP contribution in [0.2, 0.25) is 0 Å². The SMILES string of the molecule is O=CC(CC(=O)O)NS(=O)(=O)c1ccc(N2CCCCC2)cc1OCCc1cccc2ccccc12. The minimum atomic E-state index is -4.21. The molecule has 1 atom stereocenters. The van der Waals surface area contributed by atoms with Crippen LogP contribution in [0.4, 0.5) is 5.69 Å². The topological polar surface area (TPSA) is 113 Å². The molecule has 0 spiro atoms. The van der Waals surface area contributed by atoms with E-state index in [1.54, 1.807) is 12.1 Å². The van der Waals surface area contributed by atoms with Crippen molar-refractivity contribution < 1.29 is 27.9 Å². The van der Waals surface area contributed by atoms with Crippen LogP contribution < -0.4 is 14.4 Å². The normalized spacial score (nSPS) is 14.9. The summed E-state index contributed by atoms with van der Waals surface area (Å²) < 4.78 is 34.5. The van der Waals surface area contributed by atoms with Gasteiger partial charge in [-0.1, -0.05) is 42.5 Å². The number of aldehydes is 1. The van der Waals surface area contributed by atoms with Gasteiger partial charge < -0.3 is 19.5 Å². The molecule has 0 aliphatic carbocycles. The fourth-order valence-corrected chi connectivity index (χ4v) is 5.82. The molecule has 0 bridgehead atoms. The van der Waals surface area contributed by atoms with Crippen LogP contribution in [0.5, 0.6) is 5.75 Å². The number of nitrogens with one attached hydrogen (secondary N) is 1. The Morgan fingerprint density at radius 2 is 1.81 bits per heavy atom. The Kier molecular flexibility index (Phi) is 8.22. The molecule has 190 valence electrons. The third kappa shape index (κ3) is 6.22. The van der Waals surface area contributed by atoms with Crippen LogP contribution in [0.3, 0.4) is 0 Å². The van der Waals surface area contributed by atoms with Gasteiger partial charge in [0.05, 0.1) is 19.1 Å². The van der Waals surface area contributed by atoms with E-state index in [1.807, 2.05) is 42.5 Å². The predicted molar refractivity (Wildman–Crippen MR) is 138 cm³/mol. The number of ether oxygens (including phenoxy) is 1. The van der Waals surface area contributed by atoms with Crippen molar-refractivity contribution in [2.75, 3.05) is 24.6 Å². The van der Waals surface area contributed by atoms with E-state index in [0.717, 1.165) is 54.4 Å². The minimum Gasteiger partial charge on any atom is -0.492 e. The average Bonchev–Trinajstić information content (AvgIpc) is 2.88. The van der Waals surface area contributed by atoms with Gasteiger partial charge in [-0.05, 0) is 47.7 Å². The molecule has 0 amide bonds. The van der Waals surface area contributed by atoms with Crippen LogP contribution in [0.25, 0.3) is 10.8 Å². The smallest absolute Gasteiger partial charge is 0.305 e. The van der Waals surface area contributed by atoms with Gasteiger partial charge in [-0.25, -0.2) is 13.1 Å². The van der Waals surface area contributed by atoms with Gasteiger partial charge in [-0.2, -0.15) is 0 Å². The molecule has 1 aliphatic rings. The summed E-state index contributed by atoms with van der Waals surface area (Å²) in [4.78, 5) is 24.4. The lowest BCUT2D eigenvalue weighted by molar-refractivity contribution is -0.138. The molecule has 9 heteroatoms. The van der Waals surface area contributed by atoms with E-state index in [-0.39, 0.29) is 23.5 Å². The maximum atomic E-state index is 13.1. The maximum Gasteiger partial charge on any atom is 0.305 e. The Bertz CT molecular complexity index is 1330. The van der Waals surface area contributed by atoms with Crippen LogP contribution in [0.1, 0.15) is 31.2 Å². The van der Waals surface area contributed by atoms with Crippen LogP contribution >= 0.6 is 0 Å². The molecule has 3 aromatic rings. The molecule has 1 fully saturated rings. The van der Waals surface area contributed by atoms with Crippen molar-refractivity contribution in [3.8, 4) is 5.75 Å². The first-order chi connectivity index (χ1) is 17.4. The van der Waals surface area contributed by atoms with Gasteiger partial charge in [0.1, 0.15) is 16.9 Å². The van der Waals surface area contributed by atoms with Gasteiger partial charge in [0.2, 0.25) is 10.0 Å². The summed E-state index contributed by atoms with van der Waals surface area (Å²) in [6.45, 7) is 2.00. The summed E-state index contributed by atoms with van der Waals surface area (Å²) in [6, 6.07) is 17.6. The van der Waals surface area contributed by atoms with Crippen molar-refractivity contribution in [2.24, 2.45) is 0 Å². The molecule has 0 saturated carbocycles. The van der Waals surface area contributed by atoms with Gasteiger partial charge in [-0.15, -0.1) is 0 Å². The summed E-state index contributed by atoms with van der Waals surface area (Å²) in [5, 5.41) is 11.2. The zero-order valence-electron chi connectivity index (χ0n) is 19.9. The lowest BCUT2D eigenvalue weighted by Crippen LogP contribution is -2.37. The summed E-state index contributed by atoms with van der Waals surface area (Å²) in [5.41, 5.74) is 1.96. The second-order valence-corrected chi connectivity index (χ2v) is 10.6. The lowest BCUT2D eigenvalue weighted by Gasteiger charge is -2.29. The first-order valence-electron chi connectivity index (χ1n) is 12.1. The highest BCUT2D eigenvalue weighted by Crippen LogP contribution is 2.31. The second kappa shape index (κ2) is 11.5. The third-order valence-electron chi connectivity index (χ3n) is 6.31. The van der Waals surface area contributed by atoms with Crippen molar-refractivity contribution in [3.63, 3.8) is 0 Å². The molecule has 0 radical (unpaired) electrons. The van der Waals surface area contributed by atoms with Crippen LogP contribution in [-0.2, 0) is 26.0 Å². The highest BCUT2D eigenvalue weighted by Gasteiger charge is 2.26. The van der Waals surface area contributed by atoms with Gasteiger partial charge in [0, 0.05) is 31.3 Å². The highest BCUT2D eigenvalue weighted by atomic mass is 32.2. The third-order valence-corrected chi connectivity index (χ3v) is 7.84. The van der Waals surface area contributed by atoms with Crippen molar-refractivity contribution >= 4 is 38.7 Å². The van der Waals surface area contributed by atoms with Crippen LogP contribution in [0, 0.1) is 0 Å². The largest absolute Gasteiger partial charge is 0.492 e. The summed E-state index contributed by atoms with van der Waals surface area (Å²) in [5.74, 6) is -1.10. The van der Waals surface area contributed by atoms with E-state index in [1.165, 1.54) is 6.07 Å². The van der Waals surface area contributed by atoms with Crippen LogP contribution in [-0.4, -0.2) is 51.5 Å². The van der Waals surface area contributed by atoms with Crippen molar-refractivity contribution in [2.45, 2.75) is 43.0 Å². The summed E-state index contributed by atoms with van der Waals surface area (Å²) >= 11 is 0. The van der Waals surface area contributed by atoms with Gasteiger partial charge in [0.15, 0.2) is 0 Å². The number of hydrogen-bond donors (Lipinski definition) is 2. The highest BCUT2D eigenvalue weighted by molar-refractivity contribution is 7.89. The number of sulfonamides is 1. The number of benzene rings is 3. The quantitative estimate of drug-likeness (QED) is 0.378. The molecule has 2 N–H and O–H groups in total. The predicted octanol–water partition coefficient (Wildman–Crippen LogP) is 3.77. The zero-order valence-corrected chi connectivity index (χ0v) is 20.7. The number of carbonyl (C=O) groups is 2. The second-order valence-electron chi connectivity index (χ2n) is 8.88.